The second kappa shape index (κ2) is 4.28. The van der Waals surface area contributed by atoms with Gasteiger partial charge in [-0.3, -0.25) is 0 Å². The van der Waals surface area contributed by atoms with Crippen LogP contribution in [-0.2, 0) is 6.42 Å². The van der Waals surface area contributed by atoms with E-state index in [9.17, 15) is 0 Å². The summed E-state index contributed by atoms with van der Waals surface area (Å²) in [5.41, 5.74) is 8.36. The molecular weight excluding hydrogens is 160 g/mol. The van der Waals surface area contributed by atoms with Crippen LogP contribution >= 0.6 is 0 Å². The van der Waals surface area contributed by atoms with E-state index in [1.54, 1.807) is 0 Å². The average Bonchev–Trinajstić information content (AvgIpc) is 2.03. The van der Waals surface area contributed by atoms with E-state index in [0.717, 1.165) is 6.42 Å². The molecule has 2 N–H and O–H groups in total. The summed E-state index contributed by atoms with van der Waals surface area (Å²) in [6.07, 6.45) is 0.939. The van der Waals surface area contributed by atoms with Crippen molar-refractivity contribution >= 4 is 5.69 Å². The maximum absolute atomic E-state index is 5.77. The number of hydrogen-bond donors (Lipinski definition) is 1. The summed E-state index contributed by atoms with van der Waals surface area (Å²) in [5.74, 6) is 0. The van der Waals surface area contributed by atoms with Crippen molar-refractivity contribution in [2.24, 2.45) is 5.73 Å². The van der Waals surface area contributed by atoms with Crippen molar-refractivity contribution < 1.29 is 0 Å². The van der Waals surface area contributed by atoms with Crippen LogP contribution in [0.5, 0.6) is 0 Å². The van der Waals surface area contributed by atoms with Crippen LogP contribution in [0.4, 0.5) is 5.69 Å². The minimum absolute atomic E-state index is 0.223. The third kappa shape index (κ3) is 2.74. The molecule has 1 rings (SSSR count). The maximum Gasteiger partial charge on any atom is 0.0394 e. The Kier molecular flexibility index (Phi) is 3.32. The van der Waals surface area contributed by atoms with Crippen molar-refractivity contribution in [2.45, 2.75) is 19.4 Å². The van der Waals surface area contributed by atoms with Crippen LogP contribution in [-0.4, -0.2) is 20.1 Å². The first-order valence-electron chi connectivity index (χ1n) is 4.62. The molecule has 1 atom stereocenters. The van der Waals surface area contributed by atoms with Crippen LogP contribution in [0.25, 0.3) is 0 Å². The summed E-state index contributed by atoms with van der Waals surface area (Å²) in [6, 6.07) is 8.60. The number of benzene rings is 1. The van der Waals surface area contributed by atoms with Gasteiger partial charge in [-0.2, -0.15) is 0 Å². The van der Waals surface area contributed by atoms with Gasteiger partial charge >= 0.3 is 0 Å². The Hall–Kier alpha value is -1.02. The quantitative estimate of drug-likeness (QED) is 0.762. The average molecular weight is 178 g/mol. The van der Waals surface area contributed by atoms with Crippen molar-refractivity contribution in [3.63, 3.8) is 0 Å². The number of anilines is 1. The number of rotatable bonds is 3. The highest BCUT2D eigenvalue weighted by molar-refractivity contribution is 5.52. The molecule has 1 unspecified atom stereocenters. The lowest BCUT2D eigenvalue weighted by Gasteiger charge is -2.18. The van der Waals surface area contributed by atoms with Gasteiger partial charge in [0.2, 0.25) is 0 Å². The lowest BCUT2D eigenvalue weighted by molar-refractivity contribution is 0.737. The smallest absolute Gasteiger partial charge is 0.0394 e. The third-order valence-corrected chi connectivity index (χ3v) is 2.02. The summed E-state index contributed by atoms with van der Waals surface area (Å²) >= 11 is 0. The Morgan fingerprint density at radius 2 is 1.92 bits per heavy atom. The zero-order valence-electron chi connectivity index (χ0n) is 8.62. The second-order valence-electron chi connectivity index (χ2n) is 3.70. The Morgan fingerprint density at radius 1 is 1.31 bits per heavy atom. The lowest BCUT2D eigenvalue weighted by atomic mass is 10.1. The summed E-state index contributed by atoms with van der Waals surface area (Å²) in [6.45, 7) is 2.03. The van der Waals surface area contributed by atoms with Gasteiger partial charge in [0, 0.05) is 25.8 Å². The fraction of sp³-hybridized carbons (Fsp3) is 0.455. The SMILES string of the molecule is CC(N)Cc1ccccc1N(C)C. The highest BCUT2D eigenvalue weighted by atomic mass is 15.1. The molecule has 0 bridgehead atoms. The van der Waals surface area contributed by atoms with Gasteiger partial charge in [0.05, 0.1) is 0 Å². The van der Waals surface area contributed by atoms with Gasteiger partial charge in [0.1, 0.15) is 0 Å². The normalized spacial score (nSPS) is 12.6. The molecule has 1 aromatic carbocycles. The van der Waals surface area contributed by atoms with E-state index >= 15 is 0 Å². The predicted molar refractivity (Wildman–Crippen MR) is 58.1 cm³/mol. The molecule has 0 aliphatic heterocycles. The molecule has 72 valence electrons. The van der Waals surface area contributed by atoms with Gasteiger partial charge < -0.3 is 10.6 Å². The van der Waals surface area contributed by atoms with Crippen LogP contribution in [0.1, 0.15) is 12.5 Å². The van der Waals surface area contributed by atoms with E-state index in [-0.39, 0.29) is 6.04 Å². The molecule has 0 aliphatic rings. The van der Waals surface area contributed by atoms with Crippen molar-refractivity contribution in [3.8, 4) is 0 Å². The number of hydrogen-bond acceptors (Lipinski definition) is 2. The number of nitrogens with zero attached hydrogens (tertiary/aromatic N) is 1. The van der Waals surface area contributed by atoms with E-state index in [2.05, 4.69) is 43.3 Å². The molecular formula is C11H18N2. The number of nitrogens with two attached hydrogens (primary N) is 1. The Labute approximate surface area is 80.4 Å². The largest absolute Gasteiger partial charge is 0.377 e. The molecule has 0 saturated heterocycles. The summed E-state index contributed by atoms with van der Waals surface area (Å²) in [7, 11) is 4.11. The van der Waals surface area contributed by atoms with Crippen LogP contribution in [0.15, 0.2) is 24.3 Å². The number of para-hydroxylation sites is 1. The van der Waals surface area contributed by atoms with Crippen LogP contribution < -0.4 is 10.6 Å². The van der Waals surface area contributed by atoms with E-state index in [1.807, 2.05) is 6.92 Å². The molecule has 0 amide bonds. The Bertz CT molecular complexity index is 267. The van der Waals surface area contributed by atoms with Gasteiger partial charge in [-0.25, -0.2) is 0 Å². The van der Waals surface area contributed by atoms with E-state index in [1.165, 1.54) is 11.3 Å². The zero-order chi connectivity index (χ0) is 9.84. The highest BCUT2D eigenvalue weighted by Gasteiger charge is 2.04. The molecule has 0 heterocycles. The zero-order valence-corrected chi connectivity index (χ0v) is 8.62. The fourth-order valence-corrected chi connectivity index (χ4v) is 1.47. The monoisotopic (exact) mass is 178 g/mol. The van der Waals surface area contributed by atoms with E-state index in [4.69, 9.17) is 5.73 Å². The topological polar surface area (TPSA) is 29.3 Å². The molecule has 2 nitrogen and oxygen atoms in total. The van der Waals surface area contributed by atoms with Crippen molar-refractivity contribution in [2.75, 3.05) is 19.0 Å². The maximum atomic E-state index is 5.77. The molecule has 2 heteroatoms. The Morgan fingerprint density at radius 3 is 2.46 bits per heavy atom. The molecule has 0 radical (unpaired) electrons. The van der Waals surface area contributed by atoms with Gasteiger partial charge in [-0.15, -0.1) is 0 Å². The van der Waals surface area contributed by atoms with E-state index in [0.29, 0.717) is 0 Å². The molecule has 0 aliphatic carbocycles. The lowest BCUT2D eigenvalue weighted by Crippen LogP contribution is -2.20. The summed E-state index contributed by atoms with van der Waals surface area (Å²) < 4.78 is 0. The first-order chi connectivity index (χ1) is 6.11. The van der Waals surface area contributed by atoms with Gasteiger partial charge in [-0.05, 0) is 25.0 Å². The minimum Gasteiger partial charge on any atom is -0.377 e. The van der Waals surface area contributed by atoms with Crippen molar-refractivity contribution in [1.82, 2.24) is 0 Å². The first-order valence-corrected chi connectivity index (χ1v) is 4.62. The summed E-state index contributed by atoms with van der Waals surface area (Å²) in [5, 5.41) is 0. The molecule has 1 aromatic rings. The molecule has 0 spiro atoms. The fourth-order valence-electron chi connectivity index (χ4n) is 1.47. The van der Waals surface area contributed by atoms with E-state index < -0.39 is 0 Å². The van der Waals surface area contributed by atoms with Crippen LogP contribution in [0, 0.1) is 0 Å². The Balaban J connectivity index is 2.91. The second-order valence-corrected chi connectivity index (χ2v) is 3.70. The van der Waals surface area contributed by atoms with Gasteiger partial charge in [-0.1, -0.05) is 18.2 Å². The summed E-state index contributed by atoms with van der Waals surface area (Å²) in [4.78, 5) is 2.12. The molecule has 13 heavy (non-hydrogen) atoms. The third-order valence-electron chi connectivity index (χ3n) is 2.02. The highest BCUT2D eigenvalue weighted by Crippen LogP contribution is 2.18. The molecule has 0 saturated carbocycles. The van der Waals surface area contributed by atoms with Crippen molar-refractivity contribution in [3.05, 3.63) is 29.8 Å². The van der Waals surface area contributed by atoms with Gasteiger partial charge in [0.25, 0.3) is 0 Å². The van der Waals surface area contributed by atoms with Crippen molar-refractivity contribution in [1.29, 1.82) is 0 Å². The minimum atomic E-state index is 0.223. The standard InChI is InChI=1S/C11H18N2/c1-9(12)8-10-6-4-5-7-11(10)13(2)3/h4-7,9H,8,12H2,1-3H3. The first kappa shape index (κ1) is 10.1. The molecule has 0 aromatic heterocycles. The van der Waals surface area contributed by atoms with Crippen LogP contribution in [0.2, 0.25) is 0 Å². The predicted octanol–water partition coefficient (Wildman–Crippen LogP) is 1.64. The van der Waals surface area contributed by atoms with Gasteiger partial charge in [0.15, 0.2) is 0 Å². The van der Waals surface area contributed by atoms with Crippen LogP contribution in [0.3, 0.4) is 0 Å². The molecule has 0 fully saturated rings.